The topological polar surface area (TPSA) is 91.2 Å². The summed E-state index contributed by atoms with van der Waals surface area (Å²) < 4.78 is 5.25. The molecule has 0 saturated heterocycles. The second-order valence-electron chi connectivity index (χ2n) is 6.84. The molecule has 0 unspecified atom stereocenters. The largest absolute Gasteiger partial charge is 0.445 e. The van der Waals surface area contributed by atoms with Gasteiger partial charge in [0.05, 0.1) is 6.07 Å². The lowest BCUT2D eigenvalue weighted by Crippen LogP contribution is -2.47. The normalized spacial score (nSPS) is 11.4. The van der Waals surface area contributed by atoms with Crippen LogP contribution in [0.15, 0.2) is 54.6 Å². The van der Waals surface area contributed by atoms with Gasteiger partial charge in [-0.25, -0.2) is 4.79 Å². The van der Waals surface area contributed by atoms with Crippen molar-refractivity contribution in [2.24, 2.45) is 5.92 Å². The van der Waals surface area contributed by atoms with Gasteiger partial charge in [-0.3, -0.25) is 4.79 Å². The van der Waals surface area contributed by atoms with Crippen LogP contribution in [-0.4, -0.2) is 24.6 Å². The number of nitrogens with zero attached hydrogens (tertiary/aromatic N) is 1. The van der Waals surface area contributed by atoms with Gasteiger partial charge in [0.25, 0.3) is 0 Å². The van der Waals surface area contributed by atoms with Gasteiger partial charge in [-0.15, -0.1) is 0 Å². The summed E-state index contributed by atoms with van der Waals surface area (Å²) >= 11 is 0. The van der Waals surface area contributed by atoms with Crippen LogP contribution in [0.5, 0.6) is 0 Å². The van der Waals surface area contributed by atoms with Crippen molar-refractivity contribution in [3.63, 3.8) is 0 Å². The predicted octanol–water partition coefficient (Wildman–Crippen LogP) is 3.63. The molecule has 0 aliphatic rings. The van der Waals surface area contributed by atoms with Gasteiger partial charge >= 0.3 is 6.09 Å². The van der Waals surface area contributed by atoms with Gasteiger partial charge in [0.1, 0.15) is 19.2 Å². The van der Waals surface area contributed by atoms with Gasteiger partial charge < -0.3 is 15.4 Å². The Morgan fingerprint density at radius 2 is 1.68 bits per heavy atom. The molecule has 146 valence electrons. The van der Waals surface area contributed by atoms with E-state index in [1.165, 1.54) is 0 Å². The fourth-order valence-electron chi connectivity index (χ4n) is 2.71. The SMILES string of the molecule is CC(C)C[C@H](NC(=O)OCc1ccc(-c2ccccc2)cc1)C(=O)NCC#N. The summed E-state index contributed by atoms with van der Waals surface area (Å²) in [4.78, 5) is 24.2. The van der Waals surface area contributed by atoms with Crippen molar-refractivity contribution in [1.82, 2.24) is 10.6 Å². The summed E-state index contributed by atoms with van der Waals surface area (Å²) in [5.41, 5.74) is 3.05. The zero-order chi connectivity index (χ0) is 20.4. The van der Waals surface area contributed by atoms with E-state index in [9.17, 15) is 9.59 Å². The van der Waals surface area contributed by atoms with E-state index >= 15 is 0 Å². The molecule has 2 rings (SSSR count). The average molecular weight is 379 g/mol. The molecular formula is C22H25N3O3. The van der Waals surface area contributed by atoms with E-state index in [1.807, 2.05) is 74.5 Å². The summed E-state index contributed by atoms with van der Waals surface area (Å²) in [6, 6.07) is 18.9. The molecule has 6 nitrogen and oxygen atoms in total. The highest BCUT2D eigenvalue weighted by Crippen LogP contribution is 2.19. The number of hydrogen-bond donors (Lipinski definition) is 2. The number of benzene rings is 2. The van der Waals surface area contributed by atoms with E-state index in [-0.39, 0.29) is 25.0 Å². The zero-order valence-electron chi connectivity index (χ0n) is 16.1. The first-order chi connectivity index (χ1) is 13.5. The van der Waals surface area contributed by atoms with Gasteiger partial charge in [0.15, 0.2) is 0 Å². The zero-order valence-corrected chi connectivity index (χ0v) is 16.1. The first-order valence-electron chi connectivity index (χ1n) is 9.22. The molecule has 0 bridgehead atoms. The van der Waals surface area contributed by atoms with Crippen molar-refractivity contribution in [1.29, 1.82) is 5.26 Å². The maximum absolute atomic E-state index is 12.1. The maximum atomic E-state index is 12.1. The van der Waals surface area contributed by atoms with Crippen LogP contribution < -0.4 is 10.6 Å². The second kappa shape index (κ2) is 10.7. The summed E-state index contributed by atoms with van der Waals surface area (Å²) in [5, 5.41) is 13.6. The number of rotatable bonds is 8. The third-order valence-corrected chi connectivity index (χ3v) is 4.09. The van der Waals surface area contributed by atoms with Gasteiger partial charge in [0.2, 0.25) is 5.91 Å². The highest BCUT2D eigenvalue weighted by molar-refractivity contribution is 5.85. The van der Waals surface area contributed by atoms with Crippen LogP contribution >= 0.6 is 0 Å². The monoisotopic (exact) mass is 379 g/mol. The van der Waals surface area contributed by atoms with Crippen LogP contribution in [0.4, 0.5) is 4.79 Å². The van der Waals surface area contributed by atoms with Crippen LogP contribution in [0.1, 0.15) is 25.8 Å². The number of alkyl carbamates (subject to hydrolysis) is 1. The molecule has 0 aromatic heterocycles. The Hall–Kier alpha value is -3.33. The first-order valence-corrected chi connectivity index (χ1v) is 9.22. The molecule has 2 aromatic carbocycles. The molecule has 0 heterocycles. The van der Waals surface area contributed by atoms with E-state index in [1.54, 1.807) is 0 Å². The number of nitrogens with one attached hydrogen (secondary N) is 2. The Bertz CT molecular complexity index is 811. The van der Waals surface area contributed by atoms with Gasteiger partial charge in [-0.05, 0) is 29.0 Å². The standard InChI is InChI=1S/C22H25N3O3/c1-16(2)14-20(21(26)24-13-12-23)25-22(27)28-15-17-8-10-19(11-9-17)18-6-4-3-5-7-18/h3-11,16,20H,13-15H2,1-2H3,(H,24,26)(H,25,27)/t20-/m0/s1. The van der Waals surface area contributed by atoms with Crippen molar-refractivity contribution in [2.75, 3.05) is 6.54 Å². The Morgan fingerprint density at radius 3 is 2.29 bits per heavy atom. The Kier molecular flexibility index (Phi) is 8.04. The number of nitriles is 1. The first kappa shape index (κ1) is 21.0. The molecule has 1 atom stereocenters. The molecule has 2 aromatic rings. The lowest BCUT2D eigenvalue weighted by atomic mass is 10.0. The van der Waals surface area contributed by atoms with Gasteiger partial charge in [0, 0.05) is 0 Å². The minimum atomic E-state index is -0.735. The fraction of sp³-hybridized carbons (Fsp3) is 0.318. The number of hydrogen-bond acceptors (Lipinski definition) is 4. The van der Waals surface area contributed by atoms with E-state index in [2.05, 4.69) is 10.6 Å². The summed E-state index contributed by atoms with van der Waals surface area (Å²) in [5.74, 6) is -0.192. The van der Waals surface area contributed by atoms with Crippen molar-refractivity contribution < 1.29 is 14.3 Å². The molecule has 0 aliphatic carbocycles. The third-order valence-electron chi connectivity index (χ3n) is 4.09. The van der Waals surface area contributed by atoms with Crippen molar-refractivity contribution in [3.8, 4) is 17.2 Å². The lowest BCUT2D eigenvalue weighted by molar-refractivity contribution is -0.123. The average Bonchev–Trinajstić information content (AvgIpc) is 2.70. The fourth-order valence-corrected chi connectivity index (χ4v) is 2.71. The van der Waals surface area contributed by atoms with Gasteiger partial charge in [-0.2, -0.15) is 5.26 Å². The van der Waals surface area contributed by atoms with Crippen molar-refractivity contribution >= 4 is 12.0 Å². The summed E-state index contributed by atoms with van der Waals surface area (Å²) in [6.07, 6.45) is -0.206. The van der Waals surface area contributed by atoms with E-state index < -0.39 is 12.1 Å². The van der Waals surface area contributed by atoms with Crippen LogP contribution in [0.25, 0.3) is 11.1 Å². The number of amides is 2. The summed E-state index contributed by atoms with van der Waals surface area (Å²) in [7, 11) is 0. The third kappa shape index (κ3) is 6.76. The van der Waals surface area contributed by atoms with E-state index in [4.69, 9.17) is 10.00 Å². The molecule has 0 spiro atoms. The number of carbonyl (C=O) groups is 2. The maximum Gasteiger partial charge on any atom is 0.408 e. The quantitative estimate of drug-likeness (QED) is 0.685. The Balaban J connectivity index is 1.89. The van der Waals surface area contributed by atoms with Crippen LogP contribution in [0.3, 0.4) is 0 Å². The highest BCUT2D eigenvalue weighted by Gasteiger charge is 2.22. The highest BCUT2D eigenvalue weighted by atomic mass is 16.5. The lowest BCUT2D eigenvalue weighted by Gasteiger charge is -2.19. The second-order valence-corrected chi connectivity index (χ2v) is 6.84. The molecule has 6 heteroatoms. The number of carbonyl (C=O) groups excluding carboxylic acids is 2. The minimum Gasteiger partial charge on any atom is -0.445 e. The molecule has 28 heavy (non-hydrogen) atoms. The summed E-state index contributed by atoms with van der Waals surface area (Å²) in [6.45, 7) is 3.91. The molecule has 0 saturated carbocycles. The Labute approximate surface area is 165 Å². The molecular weight excluding hydrogens is 354 g/mol. The molecule has 2 amide bonds. The Morgan fingerprint density at radius 1 is 1.04 bits per heavy atom. The van der Waals surface area contributed by atoms with Crippen molar-refractivity contribution in [3.05, 3.63) is 60.2 Å². The molecule has 0 aliphatic heterocycles. The minimum absolute atomic E-state index is 0.0993. The van der Waals surface area contributed by atoms with Crippen LogP contribution in [0, 0.1) is 17.2 Å². The molecule has 0 fully saturated rings. The van der Waals surface area contributed by atoms with Crippen LogP contribution in [0.2, 0.25) is 0 Å². The van der Waals surface area contributed by atoms with Gasteiger partial charge in [-0.1, -0.05) is 68.4 Å². The molecule has 0 radical (unpaired) electrons. The number of ether oxygens (including phenoxy) is 1. The van der Waals surface area contributed by atoms with Crippen LogP contribution in [-0.2, 0) is 16.1 Å². The van der Waals surface area contributed by atoms with E-state index in [0.29, 0.717) is 6.42 Å². The predicted molar refractivity (Wildman–Crippen MR) is 107 cm³/mol. The van der Waals surface area contributed by atoms with Crippen molar-refractivity contribution in [2.45, 2.75) is 32.9 Å². The smallest absolute Gasteiger partial charge is 0.408 e. The molecule has 2 N–H and O–H groups in total. The van der Waals surface area contributed by atoms with E-state index in [0.717, 1.165) is 16.7 Å².